The highest BCUT2D eigenvalue weighted by atomic mass is 32.1. The van der Waals surface area contributed by atoms with Crippen LogP contribution in [0.5, 0.6) is 0 Å². The number of carboxylic acids is 1. The van der Waals surface area contributed by atoms with Gasteiger partial charge in [-0.1, -0.05) is 0 Å². The average Bonchev–Trinajstić information content (AvgIpc) is 2.39. The van der Waals surface area contributed by atoms with Gasteiger partial charge in [0.2, 0.25) is 5.91 Å². The summed E-state index contributed by atoms with van der Waals surface area (Å²) < 4.78 is 4.54. The normalized spacial score (nSPS) is 9.19. The monoisotopic (exact) mass is 318 g/mol. The number of benzene rings is 1. The number of nitrogens with two attached hydrogens (primary N) is 1. The molecule has 0 unspecified atom stereocenters. The third kappa shape index (κ3) is 11.2. The summed E-state index contributed by atoms with van der Waals surface area (Å²) in [5.41, 5.74) is 4.99. The fraction of sp³-hybridized carbons (Fsp3) is 0.273. The molecular weight excluding hydrogens is 304 g/mol. The zero-order valence-electron chi connectivity index (χ0n) is 10.8. The molecule has 9 nitrogen and oxygen atoms in total. The van der Waals surface area contributed by atoms with Crippen LogP contribution in [0, 0.1) is 10.1 Å². The Labute approximate surface area is 125 Å². The van der Waals surface area contributed by atoms with Crippen molar-refractivity contribution in [1.82, 2.24) is 0 Å². The number of primary amides is 1. The van der Waals surface area contributed by atoms with Gasteiger partial charge in [-0.2, -0.15) is 0 Å². The van der Waals surface area contributed by atoms with E-state index in [2.05, 4.69) is 22.2 Å². The minimum absolute atomic E-state index is 0.0239. The van der Waals surface area contributed by atoms with Crippen molar-refractivity contribution in [3.05, 3.63) is 39.9 Å². The first-order chi connectivity index (χ1) is 9.82. The summed E-state index contributed by atoms with van der Waals surface area (Å²) in [6.45, 7) is -0.467. The third-order valence-corrected chi connectivity index (χ3v) is 2.08. The molecule has 0 radical (unpaired) electrons. The van der Waals surface area contributed by atoms with Crippen molar-refractivity contribution in [3.8, 4) is 0 Å². The first-order valence-corrected chi connectivity index (χ1v) is 5.93. The molecule has 1 rings (SSSR count). The lowest BCUT2D eigenvalue weighted by Crippen LogP contribution is -2.20. The van der Waals surface area contributed by atoms with Gasteiger partial charge in [0.1, 0.15) is 13.2 Å². The Bertz CT molecular complexity index is 462. The topological polar surface area (TPSA) is 142 Å². The molecule has 21 heavy (non-hydrogen) atoms. The standard InChI is InChI=1S/C7H6O2S.C4H8N2O5/c8-7(9)5-1-3-6(10)4-2-5;5-4(7)3-10-1-2-11-6(8)9/h1-4,10H,(H,8,9);1-3H2,(H2,5,7). The van der Waals surface area contributed by atoms with E-state index in [9.17, 15) is 19.7 Å². The number of hydrogen-bond acceptors (Lipinski definition) is 7. The molecule has 10 heteroatoms. The summed E-state index contributed by atoms with van der Waals surface area (Å²) in [4.78, 5) is 34.5. The van der Waals surface area contributed by atoms with Crippen LogP contribution in [0.2, 0.25) is 0 Å². The maximum Gasteiger partial charge on any atom is 0.335 e. The number of rotatable bonds is 7. The van der Waals surface area contributed by atoms with E-state index in [1.807, 2.05) is 0 Å². The number of thiol groups is 1. The van der Waals surface area contributed by atoms with Crippen molar-refractivity contribution in [2.24, 2.45) is 5.73 Å². The molecule has 116 valence electrons. The van der Waals surface area contributed by atoms with Gasteiger partial charge in [-0.05, 0) is 24.3 Å². The van der Waals surface area contributed by atoms with Gasteiger partial charge in [-0.25, -0.2) is 4.79 Å². The van der Waals surface area contributed by atoms with Gasteiger partial charge in [-0.3, -0.25) is 4.79 Å². The molecule has 0 fully saturated rings. The largest absolute Gasteiger partial charge is 0.478 e. The zero-order chi connectivity index (χ0) is 16.3. The highest BCUT2D eigenvalue weighted by molar-refractivity contribution is 7.80. The second-order valence-electron chi connectivity index (χ2n) is 3.43. The second kappa shape index (κ2) is 10.5. The average molecular weight is 318 g/mol. The first-order valence-electron chi connectivity index (χ1n) is 5.48. The van der Waals surface area contributed by atoms with Gasteiger partial charge >= 0.3 is 5.97 Å². The SMILES string of the molecule is NC(=O)COCCO[N+](=O)[O-].O=C(O)c1ccc(S)cc1. The molecule has 0 aliphatic heterocycles. The van der Waals surface area contributed by atoms with Crippen LogP contribution < -0.4 is 5.73 Å². The van der Waals surface area contributed by atoms with Crippen LogP contribution in [-0.4, -0.2) is 41.9 Å². The molecular formula is C11H14N2O7S. The fourth-order valence-corrected chi connectivity index (χ4v) is 1.10. The van der Waals surface area contributed by atoms with Gasteiger partial charge < -0.3 is 20.4 Å². The van der Waals surface area contributed by atoms with Crippen LogP contribution in [-0.2, 0) is 14.4 Å². The quantitative estimate of drug-likeness (QED) is 0.285. The molecule has 0 saturated heterocycles. The zero-order valence-corrected chi connectivity index (χ0v) is 11.7. The van der Waals surface area contributed by atoms with Crippen molar-refractivity contribution in [2.45, 2.75) is 4.90 Å². The van der Waals surface area contributed by atoms with Crippen molar-refractivity contribution in [1.29, 1.82) is 0 Å². The number of hydrogen-bond donors (Lipinski definition) is 3. The molecule has 3 N–H and O–H groups in total. The highest BCUT2D eigenvalue weighted by Gasteiger charge is 1.98. The number of carbonyl (C=O) groups is 2. The third-order valence-electron chi connectivity index (χ3n) is 1.78. The van der Waals surface area contributed by atoms with Crippen LogP contribution >= 0.6 is 12.6 Å². The number of amides is 1. The number of nitrogens with zero attached hydrogens (tertiary/aromatic N) is 1. The predicted octanol–water partition coefficient (Wildman–Crippen LogP) is 0.370. The Kier molecular flexibility index (Phi) is 9.30. The molecule has 0 spiro atoms. The predicted molar refractivity (Wildman–Crippen MR) is 73.6 cm³/mol. The molecule has 0 atom stereocenters. The second-order valence-corrected chi connectivity index (χ2v) is 3.94. The fourth-order valence-electron chi connectivity index (χ4n) is 0.947. The van der Waals surface area contributed by atoms with E-state index in [0.717, 1.165) is 4.90 Å². The van der Waals surface area contributed by atoms with Crippen LogP contribution in [0.4, 0.5) is 0 Å². The van der Waals surface area contributed by atoms with E-state index in [0.29, 0.717) is 0 Å². The molecule has 0 aliphatic rings. The van der Waals surface area contributed by atoms with Gasteiger partial charge in [0, 0.05) is 4.90 Å². The first kappa shape index (κ1) is 18.7. The number of carbonyl (C=O) groups excluding carboxylic acids is 1. The summed E-state index contributed by atoms with van der Waals surface area (Å²) in [6.07, 6.45) is 0. The molecule has 0 heterocycles. The van der Waals surface area contributed by atoms with Gasteiger partial charge in [0.15, 0.2) is 0 Å². The minimum Gasteiger partial charge on any atom is -0.478 e. The highest BCUT2D eigenvalue weighted by Crippen LogP contribution is 2.06. The summed E-state index contributed by atoms with van der Waals surface area (Å²) >= 11 is 4.01. The number of ether oxygens (including phenoxy) is 1. The summed E-state index contributed by atoms with van der Waals surface area (Å²) in [6, 6.07) is 6.33. The van der Waals surface area contributed by atoms with Crippen molar-refractivity contribution >= 4 is 24.5 Å². The summed E-state index contributed by atoms with van der Waals surface area (Å²) in [7, 11) is 0. The van der Waals surface area contributed by atoms with Crippen molar-refractivity contribution < 1.29 is 29.4 Å². The molecule has 0 aromatic heterocycles. The Morgan fingerprint density at radius 3 is 2.29 bits per heavy atom. The van der Waals surface area contributed by atoms with E-state index in [-0.39, 0.29) is 25.4 Å². The molecule has 1 amide bonds. The van der Waals surface area contributed by atoms with E-state index >= 15 is 0 Å². The van der Waals surface area contributed by atoms with E-state index < -0.39 is 17.0 Å². The molecule has 0 bridgehead atoms. The number of aromatic carboxylic acids is 1. The lowest BCUT2D eigenvalue weighted by atomic mass is 10.2. The van der Waals surface area contributed by atoms with Crippen LogP contribution in [0.3, 0.4) is 0 Å². The van der Waals surface area contributed by atoms with Crippen LogP contribution in [0.15, 0.2) is 29.2 Å². The Morgan fingerprint density at radius 2 is 1.86 bits per heavy atom. The van der Waals surface area contributed by atoms with Crippen LogP contribution in [0.25, 0.3) is 0 Å². The minimum atomic E-state index is -0.937. The lowest BCUT2D eigenvalue weighted by Gasteiger charge is -1.98. The lowest BCUT2D eigenvalue weighted by molar-refractivity contribution is -0.758. The van der Waals surface area contributed by atoms with Crippen molar-refractivity contribution in [2.75, 3.05) is 19.8 Å². The smallest absolute Gasteiger partial charge is 0.335 e. The summed E-state index contributed by atoms with van der Waals surface area (Å²) in [5.74, 6) is -1.53. The van der Waals surface area contributed by atoms with E-state index in [1.54, 1.807) is 12.1 Å². The van der Waals surface area contributed by atoms with E-state index in [1.165, 1.54) is 12.1 Å². The van der Waals surface area contributed by atoms with Crippen molar-refractivity contribution in [3.63, 3.8) is 0 Å². The van der Waals surface area contributed by atoms with Crippen LogP contribution in [0.1, 0.15) is 10.4 Å². The Morgan fingerprint density at radius 1 is 1.29 bits per heavy atom. The molecule has 0 aliphatic carbocycles. The van der Waals surface area contributed by atoms with E-state index in [4.69, 9.17) is 10.8 Å². The van der Waals surface area contributed by atoms with Gasteiger partial charge in [0.05, 0.1) is 12.2 Å². The molecule has 0 saturated carbocycles. The Hall–Kier alpha value is -2.33. The summed E-state index contributed by atoms with van der Waals surface area (Å²) in [5, 5.41) is 17.0. The molecule has 1 aromatic rings. The van der Waals surface area contributed by atoms with Gasteiger partial charge in [0.25, 0.3) is 5.09 Å². The number of carboxylic acid groups (broad SMARTS) is 1. The Balaban J connectivity index is 0.000000382. The molecule has 1 aromatic carbocycles. The van der Waals surface area contributed by atoms with Gasteiger partial charge in [-0.15, -0.1) is 22.7 Å². The maximum absolute atomic E-state index is 10.3. The maximum atomic E-state index is 10.3.